The molecule has 0 aliphatic carbocycles. The van der Waals surface area contributed by atoms with E-state index in [0.717, 1.165) is 5.56 Å². The van der Waals surface area contributed by atoms with Gasteiger partial charge in [-0.2, -0.15) is 0 Å². The van der Waals surface area contributed by atoms with E-state index in [2.05, 4.69) is 0 Å². The SMILES string of the molecule is CC(C)N(Cc1ccccc1)C(=O)C(=O)N(C)C1CCS(=O)(=O)C1. The van der Waals surface area contributed by atoms with Gasteiger partial charge >= 0.3 is 11.8 Å². The van der Waals surface area contributed by atoms with Gasteiger partial charge in [0.2, 0.25) is 0 Å². The molecule has 0 aromatic heterocycles. The highest BCUT2D eigenvalue weighted by atomic mass is 32.2. The molecule has 1 fully saturated rings. The Morgan fingerprint density at radius 1 is 1.17 bits per heavy atom. The lowest BCUT2D eigenvalue weighted by Gasteiger charge is -2.30. The summed E-state index contributed by atoms with van der Waals surface area (Å²) in [5.41, 5.74) is 0.943. The number of nitrogens with zero attached hydrogens (tertiary/aromatic N) is 2. The van der Waals surface area contributed by atoms with Crippen molar-refractivity contribution in [3.8, 4) is 0 Å². The Bertz CT molecular complexity index is 701. The van der Waals surface area contributed by atoms with E-state index in [0.29, 0.717) is 13.0 Å². The number of carbonyl (C=O) groups excluding carboxylic acids is 2. The zero-order valence-corrected chi connectivity index (χ0v) is 15.1. The van der Waals surface area contributed by atoms with Gasteiger partial charge in [-0.15, -0.1) is 0 Å². The summed E-state index contributed by atoms with van der Waals surface area (Å²) in [5.74, 6) is -1.24. The molecule has 1 saturated heterocycles. The summed E-state index contributed by atoms with van der Waals surface area (Å²) in [6, 6.07) is 8.91. The lowest BCUT2D eigenvalue weighted by Crippen LogP contribution is -2.49. The Hall–Kier alpha value is -1.89. The van der Waals surface area contributed by atoms with Crippen LogP contribution in [-0.4, -0.2) is 60.7 Å². The van der Waals surface area contributed by atoms with Gasteiger partial charge < -0.3 is 9.80 Å². The van der Waals surface area contributed by atoms with Crippen molar-refractivity contribution in [2.75, 3.05) is 18.6 Å². The highest BCUT2D eigenvalue weighted by molar-refractivity contribution is 7.91. The number of hydrogen-bond acceptors (Lipinski definition) is 4. The summed E-state index contributed by atoms with van der Waals surface area (Å²) < 4.78 is 23.2. The molecule has 1 aliphatic heterocycles. The molecule has 0 saturated carbocycles. The first-order valence-corrected chi connectivity index (χ1v) is 9.85. The van der Waals surface area contributed by atoms with Crippen LogP contribution >= 0.6 is 0 Å². The van der Waals surface area contributed by atoms with Gasteiger partial charge in [-0.1, -0.05) is 30.3 Å². The lowest BCUT2D eigenvalue weighted by atomic mass is 10.1. The molecule has 1 aromatic carbocycles. The van der Waals surface area contributed by atoms with Gasteiger partial charge in [0.15, 0.2) is 9.84 Å². The molecule has 132 valence electrons. The predicted octanol–water partition coefficient (Wildman–Crippen LogP) is 1.07. The van der Waals surface area contributed by atoms with Crippen LogP contribution in [0, 0.1) is 0 Å². The minimum Gasteiger partial charge on any atom is -0.333 e. The molecule has 0 bridgehead atoms. The summed E-state index contributed by atoms with van der Waals surface area (Å²) >= 11 is 0. The van der Waals surface area contributed by atoms with Crippen LogP contribution in [0.1, 0.15) is 25.8 Å². The maximum atomic E-state index is 12.6. The van der Waals surface area contributed by atoms with Crippen LogP contribution in [0.25, 0.3) is 0 Å². The van der Waals surface area contributed by atoms with Crippen molar-refractivity contribution in [2.24, 2.45) is 0 Å². The molecule has 0 N–H and O–H groups in total. The summed E-state index contributed by atoms with van der Waals surface area (Å²) in [4.78, 5) is 27.9. The highest BCUT2D eigenvalue weighted by Gasteiger charge is 2.36. The second kappa shape index (κ2) is 7.34. The minimum atomic E-state index is -3.10. The fourth-order valence-corrected chi connectivity index (χ4v) is 4.56. The average Bonchev–Trinajstić information content (AvgIpc) is 2.91. The van der Waals surface area contributed by atoms with Crippen LogP contribution in [0.4, 0.5) is 0 Å². The van der Waals surface area contributed by atoms with E-state index in [1.54, 1.807) is 0 Å². The van der Waals surface area contributed by atoms with Gasteiger partial charge in [0.25, 0.3) is 0 Å². The number of likely N-dealkylation sites (N-methyl/N-ethyl adjacent to an activating group) is 1. The third kappa shape index (κ3) is 4.35. The number of amides is 2. The summed E-state index contributed by atoms with van der Waals surface area (Å²) in [6.45, 7) is 4.06. The van der Waals surface area contributed by atoms with Gasteiger partial charge in [-0.3, -0.25) is 9.59 Å². The fraction of sp³-hybridized carbons (Fsp3) is 0.529. The Morgan fingerprint density at radius 2 is 1.79 bits per heavy atom. The molecule has 1 aliphatic rings. The number of rotatable bonds is 4. The van der Waals surface area contributed by atoms with E-state index >= 15 is 0 Å². The van der Waals surface area contributed by atoms with E-state index in [1.165, 1.54) is 16.8 Å². The van der Waals surface area contributed by atoms with Crippen molar-refractivity contribution in [1.82, 2.24) is 9.80 Å². The average molecular weight is 352 g/mol. The van der Waals surface area contributed by atoms with Gasteiger partial charge in [-0.05, 0) is 25.8 Å². The lowest BCUT2D eigenvalue weighted by molar-refractivity contribution is -0.153. The Morgan fingerprint density at radius 3 is 2.29 bits per heavy atom. The van der Waals surface area contributed by atoms with Gasteiger partial charge in [0.05, 0.1) is 11.5 Å². The Kier molecular flexibility index (Phi) is 5.64. The number of benzene rings is 1. The first-order valence-electron chi connectivity index (χ1n) is 8.03. The molecular formula is C17H24N2O4S. The van der Waals surface area contributed by atoms with Crippen LogP contribution in [-0.2, 0) is 26.0 Å². The second-order valence-corrected chi connectivity index (χ2v) is 8.71. The van der Waals surface area contributed by atoms with Gasteiger partial charge in [-0.25, -0.2) is 8.42 Å². The summed E-state index contributed by atoms with van der Waals surface area (Å²) in [5, 5.41) is 0. The number of sulfone groups is 1. The predicted molar refractivity (Wildman–Crippen MR) is 92.0 cm³/mol. The normalized spacial score (nSPS) is 19.2. The number of hydrogen-bond donors (Lipinski definition) is 0. The van der Waals surface area contributed by atoms with Crippen molar-refractivity contribution in [1.29, 1.82) is 0 Å². The maximum Gasteiger partial charge on any atom is 0.312 e. The molecule has 6 nitrogen and oxygen atoms in total. The van der Waals surface area contributed by atoms with E-state index in [-0.39, 0.29) is 17.5 Å². The largest absolute Gasteiger partial charge is 0.333 e. The molecule has 1 atom stereocenters. The third-order valence-electron chi connectivity index (χ3n) is 4.34. The zero-order valence-electron chi connectivity index (χ0n) is 14.3. The molecule has 24 heavy (non-hydrogen) atoms. The topological polar surface area (TPSA) is 74.8 Å². The van der Waals surface area contributed by atoms with Crippen molar-refractivity contribution in [3.05, 3.63) is 35.9 Å². The van der Waals surface area contributed by atoms with Crippen molar-refractivity contribution < 1.29 is 18.0 Å². The molecule has 2 rings (SSSR count). The van der Waals surface area contributed by atoms with Crippen LogP contribution in [0.5, 0.6) is 0 Å². The molecule has 1 heterocycles. The molecule has 1 aromatic rings. The van der Waals surface area contributed by atoms with Crippen molar-refractivity contribution in [2.45, 2.75) is 38.9 Å². The van der Waals surface area contributed by atoms with E-state index in [4.69, 9.17) is 0 Å². The minimum absolute atomic E-state index is 0.0666. The van der Waals surface area contributed by atoms with Crippen LogP contribution in [0.2, 0.25) is 0 Å². The smallest absolute Gasteiger partial charge is 0.312 e. The maximum absolute atomic E-state index is 12.6. The molecule has 7 heteroatoms. The van der Waals surface area contributed by atoms with E-state index in [9.17, 15) is 18.0 Å². The quantitative estimate of drug-likeness (QED) is 0.760. The van der Waals surface area contributed by atoms with Crippen LogP contribution < -0.4 is 0 Å². The number of carbonyl (C=O) groups is 2. The Balaban J connectivity index is 2.10. The van der Waals surface area contributed by atoms with Gasteiger partial charge in [0.1, 0.15) is 0 Å². The fourth-order valence-electron chi connectivity index (χ4n) is 2.79. The molecule has 0 radical (unpaired) electrons. The first-order chi connectivity index (χ1) is 11.2. The Labute approximate surface area is 143 Å². The van der Waals surface area contributed by atoms with Gasteiger partial charge in [0, 0.05) is 25.7 Å². The summed E-state index contributed by atoms with van der Waals surface area (Å²) in [7, 11) is -1.60. The van der Waals surface area contributed by atoms with E-state index in [1.807, 2.05) is 44.2 Å². The molecule has 0 spiro atoms. The standard InChI is InChI=1S/C17H24N2O4S/c1-13(2)19(11-14-7-5-4-6-8-14)17(21)16(20)18(3)15-9-10-24(22,23)12-15/h4-8,13,15H,9-12H2,1-3H3. The first kappa shape index (κ1) is 18.4. The molecule has 1 unspecified atom stereocenters. The highest BCUT2D eigenvalue weighted by Crippen LogP contribution is 2.18. The third-order valence-corrected chi connectivity index (χ3v) is 6.09. The van der Waals surface area contributed by atoms with Crippen molar-refractivity contribution in [3.63, 3.8) is 0 Å². The van der Waals surface area contributed by atoms with Crippen LogP contribution in [0.3, 0.4) is 0 Å². The summed E-state index contributed by atoms with van der Waals surface area (Å²) in [6.07, 6.45) is 0.387. The molecule has 2 amide bonds. The zero-order chi connectivity index (χ0) is 17.9. The van der Waals surface area contributed by atoms with Crippen LogP contribution in [0.15, 0.2) is 30.3 Å². The molecular weight excluding hydrogens is 328 g/mol. The van der Waals surface area contributed by atoms with Crippen molar-refractivity contribution >= 4 is 21.7 Å². The van der Waals surface area contributed by atoms with E-state index < -0.39 is 27.7 Å². The monoisotopic (exact) mass is 352 g/mol. The second-order valence-electron chi connectivity index (χ2n) is 6.49.